The Bertz CT molecular complexity index is 439. The fourth-order valence-corrected chi connectivity index (χ4v) is 4.22. The van der Waals surface area contributed by atoms with Crippen LogP contribution < -0.4 is 5.32 Å². The van der Waals surface area contributed by atoms with Crippen molar-refractivity contribution in [2.75, 3.05) is 6.54 Å². The van der Waals surface area contributed by atoms with Crippen molar-refractivity contribution in [3.05, 3.63) is 11.6 Å². The van der Waals surface area contributed by atoms with E-state index in [4.69, 9.17) is 0 Å². The third-order valence-corrected chi connectivity index (χ3v) is 5.15. The quantitative estimate of drug-likeness (QED) is 0.915. The van der Waals surface area contributed by atoms with E-state index in [1.807, 2.05) is 0 Å². The van der Waals surface area contributed by atoms with Gasteiger partial charge in [0.1, 0.15) is 5.82 Å². The summed E-state index contributed by atoms with van der Waals surface area (Å²) in [6.07, 6.45) is 11.6. The standard InChI is InChI=1S/C16H28N4/c1-3-10-16(11-7-12-17-16)15-19-18-13(2)20(15)14-8-5-4-6-9-14/h14,17H,3-12H2,1-2H3. The molecule has 1 saturated heterocycles. The van der Waals surface area contributed by atoms with Crippen LogP contribution in [-0.2, 0) is 5.54 Å². The number of nitrogens with zero attached hydrogens (tertiary/aromatic N) is 3. The maximum absolute atomic E-state index is 4.61. The van der Waals surface area contributed by atoms with E-state index in [9.17, 15) is 0 Å². The SMILES string of the molecule is CCCC1(c2nnc(C)n2C2CCCCC2)CCCN1. The van der Waals surface area contributed by atoms with Crippen molar-refractivity contribution in [2.45, 2.75) is 83.2 Å². The lowest BCUT2D eigenvalue weighted by molar-refractivity contribution is 0.279. The van der Waals surface area contributed by atoms with Gasteiger partial charge in [-0.15, -0.1) is 10.2 Å². The first-order chi connectivity index (χ1) is 9.77. The molecule has 112 valence electrons. The summed E-state index contributed by atoms with van der Waals surface area (Å²) in [5.41, 5.74) is 0.0907. The van der Waals surface area contributed by atoms with Crippen molar-refractivity contribution >= 4 is 0 Å². The molecule has 1 saturated carbocycles. The molecular formula is C16H28N4. The minimum atomic E-state index is 0.0907. The largest absolute Gasteiger partial charge is 0.311 e. The zero-order valence-electron chi connectivity index (χ0n) is 13.0. The Kier molecular flexibility index (Phi) is 4.11. The molecule has 1 aromatic rings. The smallest absolute Gasteiger partial charge is 0.153 e. The summed E-state index contributed by atoms with van der Waals surface area (Å²) in [6.45, 7) is 5.52. The van der Waals surface area contributed by atoms with Crippen LogP contribution in [0.1, 0.15) is 82.4 Å². The molecule has 4 nitrogen and oxygen atoms in total. The summed E-state index contributed by atoms with van der Waals surface area (Å²) in [5, 5.41) is 12.8. The second-order valence-electron chi connectivity index (χ2n) is 6.60. The maximum Gasteiger partial charge on any atom is 0.153 e. The average molecular weight is 276 g/mol. The summed E-state index contributed by atoms with van der Waals surface area (Å²) in [7, 11) is 0. The van der Waals surface area contributed by atoms with E-state index in [0.717, 1.165) is 12.4 Å². The third kappa shape index (κ3) is 2.39. The highest BCUT2D eigenvalue weighted by Crippen LogP contribution is 2.38. The van der Waals surface area contributed by atoms with Crippen molar-refractivity contribution in [1.82, 2.24) is 20.1 Å². The van der Waals surface area contributed by atoms with Crippen LogP contribution in [0.25, 0.3) is 0 Å². The zero-order chi connectivity index (χ0) is 14.0. The second kappa shape index (κ2) is 5.84. The number of aromatic nitrogens is 3. The van der Waals surface area contributed by atoms with Crippen LogP contribution in [-0.4, -0.2) is 21.3 Å². The fraction of sp³-hybridized carbons (Fsp3) is 0.875. The summed E-state index contributed by atoms with van der Waals surface area (Å²) >= 11 is 0. The number of hydrogen-bond acceptors (Lipinski definition) is 3. The van der Waals surface area contributed by atoms with Crippen molar-refractivity contribution in [3.63, 3.8) is 0 Å². The minimum Gasteiger partial charge on any atom is -0.311 e. The minimum absolute atomic E-state index is 0.0907. The summed E-state index contributed by atoms with van der Waals surface area (Å²) in [5.74, 6) is 2.33. The predicted octanol–water partition coefficient (Wildman–Crippen LogP) is 3.47. The van der Waals surface area contributed by atoms with Crippen LogP contribution >= 0.6 is 0 Å². The highest BCUT2D eigenvalue weighted by atomic mass is 15.3. The lowest BCUT2D eigenvalue weighted by atomic mass is 9.89. The topological polar surface area (TPSA) is 42.7 Å². The highest BCUT2D eigenvalue weighted by molar-refractivity contribution is 5.13. The number of aryl methyl sites for hydroxylation is 1. The van der Waals surface area contributed by atoms with Gasteiger partial charge in [0.05, 0.1) is 5.54 Å². The summed E-state index contributed by atoms with van der Waals surface area (Å²) in [6, 6.07) is 0.630. The van der Waals surface area contributed by atoms with Crippen molar-refractivity contribution in [3.8, 4) is 0 Å². The van der Waals surface area contributed by atoms with Crippen LogP contribution in [0, 0.1) is 6.92 Å². The van der Waals surface area contributed by atoms with Crippen LogP contribution in [0.4, 0.5) is 0 Å². The molecule has 1 aromatic heterocycles. The molecule has 0 radical (unpaired) electrons. The average Bonchev–Trinajstić information content (AvgIpc) is 3.08. The van der Waals surface area contributed by atoms with E-state index in [-0.39, 0.29) is 5.54 Å². The van der Waals surface area contributed by atoms with Gasteiger partial charge in [-0.25, -0.2) is 0 Å². The molecule has 4 heteroatoms. The molecule has 3 rings (SSSR count). The zero-order valence-corrected chi connectivity index (χ0v) is 13.0. The van der Waals surface area contributed by atoms with Crippen molar-refractivity contribution in [1.29, 1.82) is 0 Å². The van der Waals surface area contributed by atoms with Gasteiger partial charge in [0.2, 0.25) is 0 Å². The van der Waals surface area contributed by atoms with E-state index in [1.54, 1.807) is 0 Å². The van der Waals surface area contributed by atoms with Crippen LogP contribution in [0.3, 0.4) is 0 Å². The summed E-state index contributed by atoms with van der Waals surface area (Å²) < 4.78 is 2.48. The Morgan fingerprint density at radius 1 is 1.20 bits per heavy atom. The van der Waals surface area contributed by atoms with Gasteiger partial charge in [-0.1, -0.05) is 32.6 Å². The van der Waals surface area contributed by atoms with Gasteiger partial charge in [0.25, 0.3) is 0 Å². The van der Waals surface area contributed by atoms with Crippen molar-refractivity contribution < 1.29 is 0 Å². The van der Waals surface area contributed by atoms with Gasteiger partial charge in [-0.3, -0.25) is 0 Å². The number of rotatable bonds is 4. The van der Waals surface area contributed by atoms with Gasteiger partial charge in [0, 0.05) is 6.04 Å². The van der Waals surface area contributed by atoms with Crippen LogP contribution in [0.2, 0.25) is 0 Å². The number of hydrogen-bond donors (Lipinski definition) is 1. The molecule has 0 amide bonds. The first-order valence-electron chi connectivity index (χ1n) is 8.44. The van der Waals surface area contributed by atoms with Gasteiger partial charge in [-0.05, 0) is 45.6 Å². The molecule has 0 spiro atoms. The molecule has 20 heavy (non-hydrogen) atoms. The molecule has 1 atom stereocenters. The normalized spacial score (nSPS) is 28.1. The van der Waals surface area contributed by atoms with Crippen molar-refractivity contribution in [2.24, 2.45) is 0 Å². The van der Waals surface area contributed by atoms with E-state index >= 15 is 0 Å². The van der Waals surface area contributed by atoms with E-state index in [0.29, 0.717) is 6.04 Å². The maximum atomic E-state index is 4.61. The van der Waals surface area contributed by atoms with E-state index in [2.05, 4.69) is 33.9 Å². The molecule has 2 heterocycles. The third-order valence-electron chi connectivity index (χ3n) is 5.15. The molecule has 1 N–H and O–H groups in total. The second-order valence-corrected chi connectivity index (χ2v) is 6.60. The van der Waals surface area contributed by atoms with Gasteiger partial charge in [-0.2, -0.15) is 0 Å². The molecule has 1 aliphatic carbocycles. The Labute approximate surface area is 122 Å². The first kappa shape index (κ1) is 14.1. The molecule has 1 aliphatic heterocycles. The Hall–Kier alpha value is -0.900. The van der Waals surface area contributed by atoms with E-state index in [1.165, 1.54) is 63.6 Å². The molecule has 0 bridgehead atoms. The lowest BCUT2D eigenvalue weighted by Gasteiger charge is -2.33. The molecule has 0 aromatic carbocycles. The van der Waals surface area contributed by atoms with Gasteiger partial charge >= 0.3 is 0 Å². The fourth-order valence-electron chi connectivity index (χ4n) is 4.22. The molecule has 2 aliphatic rings. The van der Waals surface area contributed by atoms with E-state index < -0.39 is 0 Å². The summed E-state index contributed by atoms with van der Waals surface area (Å²) in [4.78, 5) is 0. The highest BCUT2D eigenvalue weighted by Gasteiger charge is 2.40. The van der Waals surface area contributed by atoms with Crippen LogP contribution in [0.15, 0.2) is 0 Å². The first-order valence-corrected chi connectivity index (χ1v) is 8.44. The number of nitrogens with one attached hydrogen (secondary N) is 1. The Morgan fingerprint density at radius 3 is 2.65 bits per heavy atom. The Balaban J connectivity index is 1.96. The Morgan fingerprint density at radius 2 is 2.00 bits per heavy atom. The monoisotopic (exact) mass is 276 g/mol. The van der Waals surface area contributed by atoms with Gasteiger partial charge < -0.3 is 9.88 Å². The predicted molar refractivity (Wildman–Crippen MR) is 80.7 cm³/mol. The molecule has 2 fully saturated rings. The lowest BCUT2D eigenvalue weighted by Crippen LogP contribution is -2.40. The molecule has 1 unspecified atom stereocenters. The molecular weight excluding hydrogens is 248 g/mol. The van der Waals surface area contributed by atoms with Gasteiger partial charge in [0.15, 0.2) is 5.82 Å². The van der Waals surface area contributed by atoms with Crippen LogP contribution in [0.5, 0.6) is 0 Å².